The van der Waals surface area contributed by atoms with E-state index in [2.05, 4.69) is 5.32 Å². The molecule has 2 N–H and O–H groups in total. The van der Waals surface area contributed by atoms with E-state index in [4.69, 9.17) is 5.11 Å². The van der Waals surface area contributed by atoms with Crippen molar-refractivity contribution in [3.05, 3.63) is 35.4 Å². The Morgan fingerprint density at radius 2 is 2.22 bits per heavy atom. The Morgan fingerprint density at radius 1 is 1.44 bits per heavy atom. The van der Waals surface area contributed by atoms with Crippen LogP contribution in [0.25, 0.3) is 0 Å². The summed E-state index contributed by atoms with van der Waals surface area (Å²) in [5, 5.41) is 11.8. The number of benzene rings is 1. The molecule has 0 bridgehead atoms. The lowest BCUT2D eigenvalue weighted by Crippen LogP contribution is -2.26. The zero-order valence-electron chi connectivity index (χ0n) is 11.3. The van der Waals surface area contributed by atoms with Gasteiger partial charge in [0.25, 0.3) is 0 Å². The van der Waals surface area contributed by atoms with Crippen LogP contribution in [0.2, 0.25) is 0 Å². The molecule has 18 heavy (non-hydrogen) atoms. The number of aryl methyl sites for hydroxylation is 1. The third-order valence-electron chi connectivity index (χ3n) is 2.95. The molecule has 0 aromatic heterocycles. The Labute approximate surface area is 109 Å². The minimum Gasteiger partial charge on any atom is -0.396 e. The van der Waals surface area contributed by atoms with Crippen LogP contribution in [-0.4, -0.2) is 24.2 Å². The van der Waals surface area contributed by atoms with Crippen molar-refractivity contribution >= 4 is 5.91 Å². The largest absolute Gasteiger partial charge is 0.396 e. The molecule has 0 aliphatic carbocycles. The van der Waals surface area contributed by atoms with Crippen molar-refractivity contribution in [1.29, 1.82) is 0 Å². The van der Waals surface area contributed by atoms with Gasteiger partial charge in [0.1, 0.15) is 0 Å². The second-order valence-corrected chi connectivity index (χ2v) is 4.95. The van der Waals surface area contributed by atoms with Crippen molar-refractivity contribution in [2.45, 2.75) is 33.1 Å². The van der Waals surface area contributed by atoms with Crippen LogP contribution in [0.3, 0.4) is 0 Å². The van der Waals surface area contributed by atoms with Gasteiger partial charge in [0.05, 0.1) is 6.42 Å². The molecular formula is C15H23NO2. The van der Waals surface area contributed by atoms with Crippen molar-refractivity contribution < 1.29 is 9.90 Å². The molecule has 1 amide bonds. The summed E-state index contributed by atoms with van der Waals surface area (Å²) in [4.78, 5) is 11.7. The highest BCUT2D eigenvalue weighted by atomic mass is 16.3. The van der Waals surface area contributed by atoms with E-state index in [0.717, 1.165) is 18.4 Å². The molecule has 0 heterocycles. The molecule has 0 aliphatic heterocycles. The lowest BCUT2D eigenvalue weighted by atomic mass is 10.1. The van der Waals surface area contributed by atoms with E-state index in [1.165, 1.54) is 5.56 Å². The first-order chi connectivity index (χ1) is 8.61. The van der Waals surface area contributed by atoms with E-state index in [-0.39, 0.29) is 12.5 Å². The molecule has 3 heteroatoms. The molecule has 3 nitrogen and oxygen atoms in total. The minimum atomic E-state index is 0.0669. The second kappa shape index (κ2) is 7.88. The minimum absolute atomic E-state index is 0.0669. The Hall–Kier alpha value is -1.35. The number of hydrogen-bond acceptors (Lipinski definition) is 2. The van der Waals surface area contributed by atoms with E-state index in [0.29, 0.717) is 18.9 Å². The van der Waals surface area contributed by atoms with E-state index < -0.39 is 0 Å². The summed E-state index contributed by atoms with van der Waals surface area (Å²) in [5.41, 5.74) is 2.23. The molecule has 1 aromatic carbocycles. The quantitative estimate of drug-likeness (QED) is 0.727. The summed E-state index contributed by atoms with van der Waals surface area (Å²) < 4.78 is 0. The van der Waals surface area contributed by atoms with Crippen LogP contribution in [0.5, 0.6) is 0 Å². The summed E-state index contributed by atoms with van der Waals surface area (Å²) in [7, 11) is 0. The van der Waals surface area contributed by atoms with Crippen molar-refractivity contribution in [1.82, 2.24) is 5.32 Å². The maximum absolute atomic E-state index is 11.7. The molecule has 1 atom stereocenters. The van der Waals surface area contributed by atoms with Crippen LogP contribution in [0.15, 0.2) is 24.3 Å². The smallest absolute Gasteiger partial charge is 0.224 e. The van der Waals surface area contributed by atoms with Gasteiger partial charge in [-0.25, -0.2) is 0 Å². The van der Waals surface area contributed by atoms with Crippen molar-refractivity contribution in [3.8, 4) is 0 Å². The first kappa shape index (κ1) is 14.7. The van der Waals surface area contributed by atoms with E-state index in [1.54, 1.807) is 0 Å². The number of aliphatic hydroxyl groups excluding tert-OH is 1. The highest BCUT2D eigenvalue weighted by Gasteiger charge is 2.04. The lowest BCUT2D eigenvalue weighted by Gasteiger charge is -2.08. The maximum Gasteiger partial charge on any atom is 0.224 e. The molecule has 0 spiro atoms. The maximum atomic E-state index is 11.7. The SMILES string of the molecule is Cc1cccc(CC(=O)NCCCC(C)CO)c1. The van der Waals surface area contributed by atoms with Gasteiger partial charge in [0.15, 0.2) is 0 Å². The summed E-state index contributed by atoms with van der Waals surface area (Å²) in [6.45, 7) is 4.94. The fourth-order valence-corrected chi connectivity index (χ4v) is 1.84. The monoisotopic (exact) mass is 249 g/mol. The van der Waals surface area contributed by atoms with E-state index in [1.807, 2.05) is 38.1 Å². The Balaban J connectivity index is 2.22. The van der Waals surface area contributed by atoms with Gasteiger partial charge in [-0.2, -0.15) is 0 Å². The Bertz CT molecular complexity index is 377. The number of carbonyl (C=O) groups is 1. The van der Waals surface area contributed by atoms with Gasteiger partial charge in [-0.05, 0) is 31.2 Å². The van der Waals surface area contributed by atoms with Crippen molar-refractivity contribution in [2.24, 2.45) is 5.92 Å². The van der Waals surface area contributed by atoms with Gasteiger partial charge >= 0.3 is 0 Å². The number of aliphatic hydroxyl groups is 1. The van der Waals surface area contributed by atoms with Crippen molar-refractivity contribution in [2.75, 3.05) is 13.2 Å². The zero-order valence-corrected chi connectivity index (χ0v) is 11.3. The summed E-state index contributed by atoms with van der Waals surface area (Å²) in [5.74, 6) is 0.385. The van der Waals surface area contributed by atoms with Crippen LogP contribution in [0, 0.1) is 12.8 Å². The van der Waals surface area contributed by atoms with Gasteiger partial charge in [-0.1, -0.05) is 36.8 Å². The number of amides is 1. The van der Waals surface area contributed by atoms with Gasteiger partial charge in [-0.15, -0.1) is 0 Å². The number of rotatable bonds is 7. The molecule has 0 saturated heterocycles. The topological polar surface area (TPSA) is 49.3 Å². The molecule has 1 rings (SSSR count). The van der Waals surface area contributed by atoms with E-state index in [9.17, 15) is 4.79 Å². The summed E-state index contributed by atoms with van der Waals surface area (Å²) in [6, 6.07) is 8.01. The van der Waals surface area contributed by atoms with Gasteiger partial charge < -0.3 is 10.4 Å². The Kier molecular flexibility index (Phi) is 6.44. The van der Waals surface area contributed by atoms with Gasteiger partial charge in [-0.3, -0.25) is 4.79 Å². The zero-order chi connectivity index (χ0) is 13.4. The first-order valence-electron chi connectivity index (χ1n) is 6.55. The van der Waals surface area contributed by atoms with Crippen LogP contribution in [-0.2, 0) is 11.2 Å². The van der Waals surface area contributed by atoms with Crippen LogP contribution < -0.4 is 5.32 Å². The normalized spacial score (nSPS) is 12.2. The predicted octanol–water partition coefficient (Wildman–Crippen LogP) is 2.06. The third kappa shape index (κ3) is 5.82. The van der Waals surface area contributed by atoms with Gasteiger partial charge in [0, 0.05) is 13.2 Å². The van der Waals surface area contributed by atoms with Gasteiger partial charge in [0.2, 0.25) is 5.91 Å². The van der Waals surface area contributed by atoms with Crippen molar-refractivity contribution in [3.63, 3.8) is 0 Å². The number of carbonyl (C=O) groups excluding carboxylic acids is 1. The van der Waals surface area contributed by atoms with Crippen LogP contribution >= 0.6 is 0 Å². The standard InChI is InChI=1S/C15H23NO2/c1-12-5-3-7-14(9-12)10-15(18)16-8-4-6-13(2)11-17/h3,5,7,9,13,17H,4,6,8,10-11H2,1-2H3,(H,16,18). The number of hydrogen-bond donors (Lipinski definition) is 2. The Morgan fingerprint density at radius 3 is 2.89 bits per heavy atom. The molecule has 1 unspecified atom stereocenters. The second-order valence-electron chi connectivity index (χ2n) is 4.95. The molecule has 0 saturated carbocycles. The molecular weight excluding hydrogens is 226 g/mol. The molecule has 1 aromatic rings. The number of nitrogens with one attached hydrogen (secondary N) is 1. The van der Waals surface area contributed by atoms with Crippen LogP contribution in [0.4, 0.5) is 0 Å². The predicted molar refractivity (Wildman–Crippen MR) is 73.4 cm³/mol. The fourth-order valence-electron chi connectivity index (χ4n) is 1.84. The lowest BCUT2D eigenvalue weighted by molar-refractivity contribution is -0.120. The fraction of sp³-hybridized carbons (Fsp3) is 0.533. The van der Waals surface area contributed by atoms with E-state index >= 15 is 0 Å². The molecule has 0 aliphatic rings. The third-order valence-corrected chi connectivity index (χ3v) is 2.95. The molecule has 0 radical (unpaired) electrons. The summed E-state index contributed by atoms with van der Waals surface area (Å²) >= 11 is 0. The highest BCUT2D eigenvalue weighted by Crippen LogP contribution is 2.05. The highest BCUT2D eigenvalue weighted by molar-refractivity contribution is 5.78. The molecule has 100 valence electrons. The first-order valence-corrected chi connectivity index (χ1v) is 6.55. The summed E-state index contributed by atoms with van der Waals surface area (Å²) in [6.07, 6.45) is 2.31. The molecule has 0 fully saturated rings. The average molecular weight is 249 g/mol. The van der Waals surface area contributed by atoms with Crippen LogP contribution in [0.1, 0.15) is 30.9 Å². The average Bonchev–Trinajstić information content (AvgIpc) is 2.34.